The lowest BCUT2D eigenvalue weighted by Gasteiger charge is -2.13. The predicted molar refractivity (Wildman–Crippen MR) is 77.0 cm³/mol. The third kappa shape index (κ3) is 2.62. The van der Waals surface area contributed by atoms with Gasteiger partial charge in [-0.1, -0.05) is 6.07 Å². The number of hydrogen-bond acceptors (Lipinski definition) is 1. The molecule has 1 aliphatic rings. The van der Waals surface area contributed by atoms with E-state index in [1.54, 1.807) is 0 Å². The van der Waals surface area contributed by atoms with E-state index in [2.05, 4.69) is 65.3 Å². The Morgan fingerprint density at radius 2 is 2.33 bits per heavy atom. The molecular weight excluding hydrogens is 452 g/mol. The molecule has 0 amide bonds. The van der Waals surface area contributed by atoms with Crippen LogP contribution in [0.15, 0.2) is 24.3 Å². The van der Waals surface area contributed by atoms with Gasteiger partial charge < -0.3 is 28.8 Å². The Hall–Kier alpha value is -0.0200. The van der Waals surface area contributed by atoms with Gasteiger partial charge in [-0.05, 0) is 31.5 Å². The number of nitrogens with one attached hydrogen (secondary N) is 2. The number of benzene rings is 1. The van der Waals surface area contributed by atoms with Gasteiger partial charge in [0.25, 0.3) is 0 Å². The van der Waals surface area contributed by atoms with Gasteiger partial charge in [0.2, 0.25) is 21.0 Å². The molecule has 1 fully saturated rings. The van der Waals surface area contributed by atoms with E-state index in [9.17, 15) is 0 Å². The molecule has 1 aliphatic heterocycles. The van der Waals surface area contributed by atoms with Crippen molar-refractivity contribution in [2.24, 2.45) is 0 Å². The number of halogens is 2. The Bertz CT molecular complexity index is 597. The first kappa shape index (κ1) is 13.0. The van der Waals surface area contributed by atoms with Gasteiger partial charge in [-0.15, -0.1) is 0 Å². The third-order valence-electron chi connectivity index (χ3n) is 3.19. The van der Waals surface area contributed by atoms with Crippen LogP contribution in [0.1, 0.15) is 18.5 Å². The molecule has 2 N–H and O–H groups in total. The molecule has 2 heterocycles. The molecule has 0 bridgehead atoms. The number of hydrogen-bond donors (Lipinski definition) is 2. The lowest BCUT2D eigenvalue weighted by molar-refractivity contribution is -1.05. The van der Waals surface area contributed by atoms with Gasteiger partial charge in [0.05, 0.1) is 3.57 Å². The molecule has 2 aromatic rings. The SMILES string of the molecule is Cc1cc2c(I=[N+]([I-])C3CCCN3)cccc2[nH]1. The van der Waals surface area contributed by atoms with E-state index in [1.807, 2.05) is 0 Å². The number of nitrogens with zero attached hydrogens (tertiary/aromatic N) is 1. The van der Waals surface area contributed by atoms with E-state index >= 15 is 0 Å². The first-order valence-corrected chi connectivity index (χ1v) is 9.17. The van der Waals surface area contributed by atoms with E-state index < -0.39 is 0 Å². The highest BCUT2D eigenvalue weighted by atomic mass is 127. The van der Waals surface area contributed by atoms with Crippen LogP contribution in [0.4, 0.5) is 0 Å². The topological polar surface area (TPSA) is 30.8 Å². The van der Waals surface area contributed by atoms with Crippen molar-refractivity contribution >= 4 is 31.9 Å². The third-order valence-corrected chi connectivity index (χ3v) is 7.68. The van der Waals surface area contributed by atoms with E-state index in [1.165, 1.54) is 39.6 Å². The lowest BCUT2D eigenvalue weighted by Crippen LogP contribution is -3.39. The first-order chi connectivity index (χ1) is 8.74. The van der Waals surface area contributed by atoms with Gasteiger partial charge in [0, 0.05) is 29.6 Å². The van der Waals surface area contributed by atoms with Gasteiger partial charge in [0.1, 0.15) is 0 Å². The van der Waals surface area contributed by atoms with Crippen LogP contribution in [0.2, 0.25) is 0 Å². The minimum absolute atomic E-state index is 0.100. The molecule has 1 aromatic heterocycles. The van der Waals surface area contributed by atoms with Crippen LogP contribution >= 0.6 is 21.0 Å². The van der Waals surface area contributed by atoms with Crippen LogP contribution < -0.4 is 28.2 Å². The standard InChI is InChI=1S/C13H16I2N3/c1-9-8-10-11(4-2-5-12(10)17-9)15-18(14)13-6-3-7-16-13/h2,4-5,8,13,16-17H,3,6-7H2,1H3. The Morgan fingerprint density at radius 1 is 1.44 bits per heavy atom. The van der Waals surface area contributed by atoms with Crippen LogP contribution in [-0.2, 0) is 0 Å². The fraction of sp³-hybridized carbons (Fsp3) is 0.385. The van der Waals surface area contributed by atoms with Crippen molar-refractivity contribution in [1.82, 2.24) is 10.3 Å². The van der Waals surface area contributed by atoms with Crippen molar-refractivity contribution in [3.05, 3.63) is 33.5 Å². The maximum atomic E-state index is 3.57. The zero-order valence-electron chi connectivity index (χ0n) is 10.2. The summed E-state index contributed by atoms with van der Waals surface area (Å²) >= 11 is 2.40. The van der Waals surface area contributed by atoms with Crippen molar-refractivity contribution in [2.75, 3.05) is 6.54 Å². The maximum Gasteiger partial charge on any atom is 0.212 e. The predicted octanol–water partition coefficient (Wildman–Crippen LogP) is -0.00948. The molecule has 3 rings (SSSR count). The highest BCUT2D eigenvalue weighted by Gasteiger charge is 2.18. The minimum atomic E-state index is -0.100. The molecule has 1 atom stereocenters. The molecule has 18 heavy (non-hydrogen) atoms. The quantitative estimate of drug-likeness (QED) is 0.472. The fourth-order valence-electron chi connectivity index (χ4n) is 2.31. The lowest BCUT2D eigenvalue weighted by atomic mass is 10.2. The van der Waals surface area contributed by atoms with Crippen molar-refractivity contribution in [1.29, 1.82) is 0 Å². The average molecular weight is 468 g/mol. The summed E-state index contributed by atoms with van der Waals surface area (Å²) in [5, 5.41) is 4.97. The van der Waals surface area contributed by atoms with Crippen LogP contribution in [0.5, 0.6) is 0 Å². The zero-order valence-corrected chi connectivity index (χ0v) is 14.5. The largest absolute Gasteiger partial charge is 0.367 e. The van der Waals surface area contributed by atoms with E-state index in [0.29, 0.717) is 6.17 Å². The molecule has 3 nitrogen and oxygen atoms in total. The fourth-order valence-corrected chi connectivity index (χ4v) is 6.49. The molecule has 0 saturated carbocycles. The molecule has 1 radical (unpaired) electrons. The van der Waals surface area contributed by atoms with E-state index in [4.69, 9.17) is 0 Å². The van der Waals surface area contributed by atoms with Crippen molar-refractivity contribution in [3.8, 4) is 0 Å². The smallest absolute Gasteiger partial charge is 0.212 e. The Balaban J connectivity index is 2.00. The number of rotatable bonds is 2. The Morgan fingerprint density at radius 3 is 3.11 bits per heavy atom. The van der Waals surface area contributed by atoms with Crippen LogP contribution in [0.25, 0.3) is 10.9 Å². The summed E-state index contributed by atoms with van der Waals surface area (Å²) in [4.78, 5) is 3.42. The molecule has 97 valence electrons. The second-order valence-electron chi connectivity index (χ2n) is 4.61. The molecule has 1 saturated heterocycles. The van der Waals surface area contributed by atoms with Gasteiger partial charge in [0.15, 0.2) is 6.17 Å². The van der Waals surface area contributed by atoms with Gasteiger partial charge >= 0.3 is 0 Å². The average Bonchev–Trinajstić information content (AvgIpc) is 2.96. The maximum absolute atomic E-state index is 3.57. The molecular formula is C13H16I2N3. The summed E-state index contributed by atoms with van der Waals surface area (Å²) in [7, 11) is 0. The van der Waals surface area contributed by atoms with Crippen molar-refractivity contribution < 1.29 is 23.8 Å². The van der Waals surface area contributed by atoms with Crippen LogP contribution in [0, 0.1) is 10.5 Å². The second-order valence-corrected chi connectivity index (χ2v) is 10.2. The summed E-state index contributed by atoms with van der Waals surface area (Å²) in [5.74, 6) is 0. The van der Waals surface area contributed by atoms with Gasteiger partial charge in [-0.3, -0.25) is 5.32 Å². The van der Waals surface area contributed by atoms with Crippen LogP contribution in [-0.4, -0.2) is 18.6 Å². The van der Waals surface area contributed by atoms with Gasteiger partial charge in [-0.25, -0.2) is 0 Å². The summed E-state index contributed by atoms with van der Waals surface area (Å²) in [6.45, 7) is 3.30. The van der Waals surface area contributed by atoms with Crippen LogP contribution in [0.3, 0.4) is 0 Å². The summed E-state index contributed by atoms with van der Waals surface area (Å²) in [6.07, 6.45) is 3.17. The number of aromatic nitrogens is 1. The molecule has 0 spiro atoms. The minimum Gasteiger partial charge on any atom is -0.367 e. The number of aromatic amines is 1. The second kappa shape index (κ2) is 5.54. The number of aryl methyl sites for hydroxylation is 1. The molecule has 0 aliphatic carbocycles. The molecule has 1 unspecified atom stereocenters. The monoisotopic (exact) mass is 468 g/mol. The molecule has 5 heteroatoms. The Labute approximate surface area is 131 Å². The highest BCUT2D eigenvalue weighted by Crippen LogP contribution is 2.25. The molecule has 1 aromatic carbocycles. The van der Waals surface area contributed by atoms with Crippen molar-refractivity contribution in [3.63, 3.8) is 0 Å². The first-order valence-electron chi connectivity index (χ1n) is 6.16. The number of H-pyrrole nitrogens is 1. The normalized spacial score (nSPS) is 21.2. The Kier molecular flexibility index (Phi) is 4.00. The zero-order chi connectivity index (χ0) is 12.5. The summed E-state index contributed by atoms with van der Waals surface area (Å²) in [6, 6.07) is 8.89. The van der Waals surface area contributed by atoms with Crippen molar-refractivity contribution in [2.45, 2.75) is 25.9 Å². The highest BCUT2D eigenvalue weighted by molar-refractivity contribution is 14.1. The van der Waals surface area contributed by atoms with E-state index in [-0.39, 0.29) is 21.0 Å². The van der Waals surface area contributed by atoms with E-state index in [0.717, 1.165) is 0 Å². The number of fused-ring (bicyclic) bond motifs is 1. The summed E-state index contributed by atoms with van der Waals surface area (Å²) in [5.41, 5.74) is 2.52. The van der Waals surface area contributed by atoms with Gasteiger partial charge in [-0.2, -0.15) is 0 Å². The summed E-state index contributed by atoms with van der Waals surface area (Å²) < 4.78 is 4.01.